The summed E-state index contributed by atoms with van der Waals surface area (Å²) in [5, 5.41) is 1.09. The summed E-state index contributed by atoms with van der Waals surface area (Å²) < 4.78 is 28.3. The average Bonchev–Trinajstić information content (AvgIpc) is 3.32. The predicted octanol–water partition coefficient (Wildman–Crippen LogP) is 4.67. The molecule has 164 valence electrons. The van der Waals surface area contributed by atoms with Gasteiger partial charge in [-0.1, -0.05) is 73.2 Å². The van der Waals surface area contributed by atoms with Crippen LogP contribution in [0.25, 0.3) is 0 Å². The summed E-state index contributed by atoms with van der Waals surface area (Å²) in [6.07, 6.45) is 3.25. The third-order valence-electron chi connectivity index (χ3n) is 7.05. The van der Waals surface area contributed by atoms with E-state index in [0.29, 0.717) is 4.90 Å². The van der Waals surface area contributed by atoms with Crippen LogP contribution < -0.4 is 5.06 Å². The lowest BCUT2D eigenvalue weighted by molar-refractivity contribution is -0.142. The maximum Gasteiger partial charge on any atom is 0.195 e. The highest BCUT2D eigenvalue weighted by Gasteiger charge is 2.69. The number of nitrogens with zero attached hydrogens (tertiary/aromatic N) is 2. The number of fused-ring (bicyclic) bond motifs is 3. The van der Waals surface area contributed by atoms with E-state index in [9.17, 15) is 8.42 Å². The zero-order valence-corrected chi connectivity index (χ0v) is 18.6. The molecular formula is C26H26N2O3S. The molecule has 3 aromatic rings. The molecule has 0 radical (unpaired) electrons. The monoisotopic (exact) mass is 446 g/mol. The Morgan fingerprint density at radius 1 is 0.781 bits per heavy atom. The van der Waals surface area contributed by atoms with Crippen LogP contribution in [-0.2, 0) is 20.4 Å². The van der Waals surface area contributed by atoms with Crippen LogP contribution in [0.3, 0.4) is 0 Å². The topological polar surface area (TPSA) is 49.9 Å². The SMILES string of the molecule is O=S1(=O)c2ccccc2C2(N3CCCCC3)ON(c3ccccc3)C(c3ccccc3)C21. The van der Waals surface area contributed by atoms with Crippen molar-refractivity contribution in [2.24, 2.45) is 0 Å². The number of para-hydroxylation sites is 1. The standard InChI is InChI=1S/C26H26N2O3S/c29-32(30)23-17-9-8-16-22(23)26(27-18-10-3-11-19-27)25(32)24(20-12-4-1-5-13-20)28(31-26)21-14-6-2-7-15-21/h1-2,4-9,12-17,24-25H,3,10-11,18-19H2. The van der Waals surface area contributed by atoms with Crippen molar-refractivity contribution >= 4 is 15.5 Å². The molecule has 3 heterocycles. The van der Waals surface area contributed by atoms with Crippen molar-refractivity contribution in [3.63, 3.8) is 0 Å². The summed E-state index contributed by atoms with van der Waals surface area (Å²) in [6.45, 7) is 1.65. The quantitative estimate of drug-likeness (QED) is 0.585. The molecule has 3 atom stereocenters. The van der Waals surface area contributed by atoms with E-state index in [1.807, 2.05) is 83.9 Å². The molecule has 0 amide bonds. The molecule has 32 heavy (non-hydrogen) atoms. The van der Waals surface area contributed by atoms with Crippen LogP contribution in [0.15, 0.2) is 89.8 Å². The summed E-state index contributed by atoms with van der Waals surface area (Å²) >= 11 is 0. The van der Waals surface area contributed by atoms with E-state index >= 15 is 0 Å². The molecule has 0 N–H and O–H groups in total. The fraction of sp³-hybridized carbons (Fsp3) is 0.308. The van der Waals surface area contributed by atoms with E-state index in [0.717, 1.165) is 49.2 Å². The first-order chi connectivity index (χ1) is 15.6. The summed E-state index contributed by atoms with van der Waals surface area (Å²) in [5.74, 6) is 0. The van der Waals surface area contributed by atoms with Gasteiger partial charge in [0.2, 0.25) is 0 Å². The van der Waals surface area contributed by atoms with Crippen LogP contribution in [-0.4, -0.2) is 31.7 Å². The van der Waals surface area contributed by atoms with Gasteiger partial charge in [-0.15, -0.1) is 0 Å². The van der Waals surface area contributed by atoms with Crippen LogP contribution >= 0.6 is 0 Å². The molecule has 2 saturated heterocycles. The first-order valence-corrected chi connectivity index (χ1v) is 12.9. The fourth-order valence-corrected chi connectivity index (χ4v) is 8.12. The molecule has 5 nitrogen and oxygen atoms in total. The third-order valence-corrected chi connectivity index (χ3v) is 9.27. The van der Waals surface area contributed by atoms with Gasteiger partial charge in [-0.25, -0.2) is 18.3 Å². The number of anilines is 1. The number of hydroxylamine groups is 1. The number of hydrogen-bond acceptors (Lipinski definition) is 5. The predicted molar refractivity (Wildman–Crippen MR) is 124 cm³/mol. The lowest BCUT2D eigenvalue weighted by atomic mass is 9.90. The highest BCUT2D eigenvalue weighted by molar-refractivity contribution is 7.92. The Hall–Kier alpha value is -2.67. The highest BCUT2D eigenvalue weighted by atomic mass is 32.2. The first-order valence-electron chi connectivity index (χ1n) is 11.3. The van der Waals surface area contributed by atoms with Gasteiger partial charge in [-0.2, -0.15) is 0 Å². The van der Waals surface area contributed by atoms with E-state index in [-0.39, 0.29) is 0 Å². The molecule has 3 aliphatic rings. The van der Waals surface area contributed by atoms with Gasteiger partial charge < -0.3 is 0 Å². The van der Waals surface area contributed by atoms with Gasteiger partial charge in [0.25, 0.3) is 0 Å². The number of sulfone groups is 1. The number of hydrogen-bond donors (Lipinski definition) is 0. The number of piperidine rings is 1. The minimum Gasteiger partial charge on any atom is -0.269 e. The lowest BCUT2D eigenvalue weighted by Gasteiger charge is -2.41. The summed E-state index contributed by atoms with van der Waals surface area (Å²) in [5.41, 5.74) is 1.54. The van der Waals surface area contributed by atoms with Gasteiger partial charge in [-0.05, 0) is 36.6 Å². The van der Waals surface area contributed by atoms with Gasteiger partial charge in [0.15, 0.2) is 15.6 Å². The third kappa shape index (κ3) is 2.73. The number of likely N-dealkylation sites (tertiary alicyclic amines) is 1. The zero-order valence-electron chi connectivity index (χ0n) is 17.8. The van der Waals surface area contributed by atoms with Crippen molar-refractivity contribution in [2.45, 2.75) is 41.2 Å². The molecule has 3 aliphatic heterocycles. The molecule has 0 aliphatic carbocycles. The Bertz CT molecular complexity index is 1230. The lowest BCUT2D eigenvalue weighted by Crippen LogP contribution is -2.54. The number of rotatable bonds is 3. The van der Waals surface area contributed by atoms with E-state index in [2.05, 4.69) is 4.90 Å². The minimum absolute atomic E-state index is 0.407. The molecule has 0 spiro atoms. The second-order valence-electron chi connectivity index (χ2n) is 8.81. The summed E-state index contributed by atoms with van der Waals surface area (Å²) in [4.78, 5) is 9.60. The van der Waals surface area contributed by atoms with Gasteiger partial charge in [0.1, 0.15) is 11.3 Å². The van der Waals surface area contributed by atoms with Crippen LogP contribution in [0.2, 0.25) is 0 Å². The summed E-state index contributed by atoms with van der Waals surface area (Å²) in [7, 11) is -3.64. The molecule has 0 bridgehead atoms. The molecular weight excluding hydrogens is 420 g/mol. The zero-order chi connectivity index (χ0) is 21.8. The van der Waals surface area contributed by atoms with Gasteiger partial charge >= 0.3 is 0 Å². The van der Waals surface area contributed by atoms with Crippen LogP contribution in [0.5, 0.6) is 0 Å². The Labute approximate surface area is 189 Å². The largest absolute Gasteiger partial charge is 0.269 e. The molecule has 3 aromatic carbocycles. The maximum atomic E-state index is 14.1. The fourth-order valence-electron chi connectivity index (χ4n) is 5.71. The molecule has 0 saturated carbocycles. The molecule has 6 heteroatoms. The average molecular weight is 447 g/mol. The van der Waals surface area contributed by atoms with Gasteiger partial charge in [0, 0.05) is 18.7 Å². The van der Waals surface area contributed by atoms with Crippen molar-refractivity contribution in [3.8, 4) is 0 Å². The van der Waals surface area contributed by atoms with Crippen LogP contribution in [0.4, 0.5) is 5.69 Å². The van der Waals surface area contributed by atoms with E-state index < -0.39 is 26.9 Å². The summed E-state index contributed by atoms with van der Waals surface area (Å²) in [6, 6.07) is 26.7. The van der Waals surface area contributed by atoms with Crippen molar-refractivity contribution < 1.29 is 13.3 Å². The Kier molecular flexibility index (Phi) is 4.64. The Morgan fingerprint density at radius 3 is 2.12 bits per heavy atom. The second-order valence-corrected chi connectivity index (χ2v) is 10.9. The van der Waals surface area contributed by atoms with Gasteiger partial charge in [-0.3, -0.25) is 4.90 Å². The molecule has 3 unspecified atom stereocenters. The smallest absolute Gasteiger partial charge is 0.195 e. The first kappa shape index (κ1) is 20.0. The van der Waals surface area contributed by atoms with E-state index in [4.69, 9.17) is 4.84 Å². The van der Waals surface area contributed by atoms with Crippen LogP contribution in [0, 0.1) is 0 Å². The molecule has 0 aromatic heterocycles. The number of benzene rings is 3. The Balaban J connectivity index is 1.63. The molecule has 6 rings (SSSR count). The minimum atomic E-state index is -3.64. The van der Waals surface area contributed by atoms with Crippen molar-refractivity contribution in [3.05, 3.63) is 96.1 Å². The van der Waals surface area contributed by atoms with Crippen molar-refractivity contribution in [2.75, 3.05) is 18.2 Å². The van der Waals surface area contributed by atoms with Crippen molar-refractivity contribution in [1.82, 2.24) is 4.90 Å². The Morgan fingerprint density at radius 2 is 1.41 bits per heavy atom. The van der Waals surface area contributed by atoms with Gasteiger partial charge in [0.05, 0.1) is 10.6 Å². The highest BCUT2D eigenvalue weighted by Crippen LogP contribution is 2.59. The van der Waals surface area contributed by atoms with E-state index in [1.165, 1.54) is 0 Å². The second kappa shape index (κ2) is 7.44. The van der Waals surface area contributed by atoms with E-state index in [1.54, 1.807) is 6.07 Å². The maximum absolute atomic E-state index is 14.1. The molecule has 2 fully saturated rings. The van der Waals surface area contributed by atoms with Crippen LogP contribution in [0.1, 0.15) is 36.4 Å². The van der Waals surface area contributed by atoms with Crippen molar-refractivity contribution in [1.29, 1.82) is 0 Å². The normalized spacial score (nSPS) is 28.9.